The second kappa shape index (κ2) is 6.40. The second-order valence-corrected chi connectivity index (χ2v) is 1.41. The number of likely N-dealkylation sites (N-methyl/N-ethyl adjacent to an activating group) is 1. The van der Waals surface area contributed by atoms with Gasteiger partial charge in [-0.25, -0.2) is 0 Å². The zero-order valence-corrected chi connectivity index (χ0v) is 6.35. The van der Waals surface area contributed by atoms with Gasteiger partial charge in [0.2, 0.25) is 0 Å². The number of aliphatic hydroxyl groups is 1. The van der Waals surface area contributed by atoms with Crippen molar-refractivity contribution in [2.24, 2.45) is 0 Å². The van der Waals surface area contributed by atoms with Crippen molar-refractivity contribution in [2.75, 3.05) is 13.6 Å². The molecule has 0 aliphatic carbocycles. The van der Waals surface area contributed by atoms with Crippen molar-refractivity contribution in [1.29, 1.82) is 0 Å². The molecular formula is C4H12BrNO. The lowest BCUT2D eigenvalue weighted by Crippen LogP contribution is -2.19. The van der Waals surface area contributed by atoms with E-state index in [2.05, 4.69) is 5.32 Å². The summed E-state index contributed by atoms with van der Waals surface area (Å²) in [6.45, 7) is 2.43. The molecule has 0 aliphatic rings. The molecule has 0 saturated carbocycles. The van der Waals surface area contributed by atoms with Crippen LogP contribution in [0.15, 0.2) is 0 Å². The third-order valence-corrected chi connectivity index (χ3v) is 0.500. The van der Waals surface area contributed by atoms with E-state index in [0.717, 1.165) is 0 Å². The molecule has 2 N–H and O–H groups in total. The highest BCUT2D eigenvalue weighted by Gasteiger charge is 1.86. The van der Waals surface area contributed by atoms with E-state index >= 15 is 0 Å². The summed E-state index contributed by atoms with van der Waals surface area (Å²) in [6.07, 6.45) is -0.213. The van der Waals surface area contributed by atoms with Gasteiger partial charge in [0.25, 0.3) is 0 Å². The van der Waals surface area contributed by atoms with Crippen LogP contribution in [0.2, 0.25) is 0 Å². The molecule has 0 aromatic heterocycles. The Kier molecular flexibility index (Phi) is 9.50. The molecule has 0 amide bonds. The summed E-state index contributed by atoms with van der Waals surface area (Å²) in [4.78, 5) is 0. The van der Waals surface area contributed by atoms with Gasteiger partial charge in [0, 0.05) is 6.54 Å². The number of aliphatic hydroxyl groups excluding tert-OH is 1. The predicted molar refractivity (Wildman–Crippen MR) is 35.9 cm³/mol. The molecule has 0 saturated heterocycles. The highest BCUT2D eigenvalue weighted by atomic mass is 79.9. The van der Waals surface area contributed by atoms with Crippen molar-refractivity contribution in [2.45, 2.75) is 13.0 Å². The summed E-state index contributed by atoms with van der Waals surface area (Å²) in [5.41, 5.74) is 0. The van der Waals surface area contributed by atoms with Crippen molar-refractivity contribution in [3.63, 3.8) is 0 Å². The number of halogens is 1. The summed E-state index contributed by atoms with van der Waals surface area (Å²) in [7, 11) is 1.81. The number of nitrogens with one attached hydrogen (secondary N) is 1. The van der Waals surface area contributed by atoms with Gasteiger partial charge >= 0.3 is 0 Å². The SMILES string of the molecule is Br.CNCC(C)O. The first-order valence-electron chi connectivity index (χ1n) is 2.10. The molecule has 3 heteroatoms. The Hall–Kier alpha value is 0.400. The smallest absolute Gasteiger partial charge is 0.0636 e. The van der Waals surface area contributed by atoms with Gasteiger partial charge in [0.15, 0.2) is 0 Å². The fourth-order valence-electron chi connectivity index (χ4n) is 0.295. The summed E-state index contributed by atoms with van der Waals surface area (Å²) >= 11 is 0. The van der Waals surface area contributed by atoms with E-state index in [4.69, 9.17) is 5.11 Å². The van der Waals surface area contributed by atoms with Crippen LogP contribution < -0.4 is 5.32 Å². The molecule has 1 atom stereocenters. The average molecular weight is 170 g/mol. The molecule has 7 heavy (non-hydrogen) atoms. The molecular weight excluding hydrogens is 158 g/mol. The first-order chi connectivity index (χ1) is 2.77. The van der Waals surface area contributed by atoms with Crippen molar-refractivity contribution < 1.29 is 5.11 Å². The van der Waals surface area contributed by atoms with E-state index in [1.165, 1.54) is 0 Å². The Morgan fingerprint density at radius 2 is 2.14 bits per heavy atom. The van der Waals surface area contributed by atoms with E-state index in [0.29, 0.717) is 6.54 Å². The van der Waals surface area contributed by atoms with Gasteiger partial charge in [-0.3, -0.25) is 0 Å². The Morgan fingerprint density at radius 3 is 2.14 bits per heavy atom. The second-order valence-electron chi connectivity index (χ2n) is 1.41. The molecule has 0 aliphatic heterocycles. The number of rotatable bonds is 2. The summed E-state index contributed by atoms with van der Waals surface area (Å²) in [6, 6.07) is 0. The first kappa shape index (κ1) is 10.4. The van der Waals surface area contributed by atoms with Crippen LogP contribution in [0.3, 0.4) is 0 Å². The monoisotopic (exact) mass is 169 g/mol. The molecule has 46 valence electrons. The average Bonchev–Trinajstić information content (AvgIpc) is 1.35. The van der Waals surface area contributed by atoms with Crippen LogP contribution in [0.25, 0.3) is 0 Å². The van der Waals surface area contributed by atoms with Gasteiger partial charge < -0.3 is 10.4 Å². The van der Waals surface area contributed by atoms with E-state index < -0.39 is 0 Å². The van der Waals surface area contributed by atoms with Gasteiger partial charge in [-0.1, -0.05) is 0 Å². The largest absolute Gasteiger partial charge is 0.392 e. The molecule has 2 nitrogen and oxygen atoms in total. The summed E-state index contributed by atoms with van der Waals surface area (Å²) < 4.78 is 0. The molecule has 1 unspecified atom stereocenters. The van der Waals surface area contributed by atoms with Crippen molar-refractivity contribution in [3.05, 3.63) is 0 Å². The van der Waals surface area contributed by atoms with Crippen LogP contribution in [0.5, 0.6) is 0 Å². The summed E-state index contributed by atoms with van der Waals surface area (Å²) in [5, 5.41) is 11.3. The van der Waals surface area contributed by atoms with E-state index in [9.17, 15) is 0 Å². The molecule has 0 radical (unpaired) electrons. The maximum absolute atomic E-state index is 8.49. The van der Waals surface area contributed by atoms with Crippen LogP contribution in [0, 0.1) is 0 Å². The van der Waals surface area contributed by atoms with E-state index in [1.54, 1.807) is 6.92 Å². The Morgan fingerprint density at radius 1 is 1.71 bits per heavy atom. The third kappa shape index (κ3) is 10.7. The molecule has 0 fully saturated rings. The van der Waals surface area contributed by atoms with Crippen LogP contribution in [-0.2, 0) is 0 Å². The first-order valence-corrected chi connectivity index (χ1v) is 2.10. The standard InChI is InChI=1S/C4H11NO.BrH/c1-4(6)3-5-2;/h4-6H,3H2,1-2H3;1H. The summed E-state index contributed by atoms with van der Waals surface area (Å²) in [5.74, 6) is 0. The van der Waals surface area contributed by atoms with E-state index in [-0.39, 0.29) is 23.1 Å². The Balaban J connectivity index is 0. The number of hydrogen-bond acceptors (Lipinski definition) is 2. The zero-order chi connectivity index (χ0) is 4.99. The lowest BCUT2D eigenvalue weighted by Gasteiger charge is -1.97. The minimum absolute atomic E-state index is 0. The lowest BCUT2D eigenvalue weighted by molar-refractivity contribution is 0.194. The van der Waals surface area contributed by atoms with Gasteiger partial charge in [0.1, 0.15) is 0 Å². The minimum atomic E-state index is -0.213. The highest BCUT2D eigenvalue weighted by Crippen LogP contribution is 1.69. The fraction of sp³-hybridized carbons (Fsp3) is 1.00. The maximum Gasteiger partial charge on any atom is 0.0636 e. The van der Waals surface area contributed by atoms with Crippen molar-refractivity contribution >= 4 is 17.0 Å². The van der Waals surface area contributed by atoms with Crippen LogP contribution in [-0.4, -0.2) is 24.8 Å². The van der Waals surface area contributed by atoms with Crippen molar-refractivity contribution in [1.82, 2.24) is 5.32 Å². The molecule has 0 aromatic rings. The zero-order valence-electron chi connectivity index (χ0n) is 4.64. The van der Waals surface area contributed by atoms with Crippen LogP contribution >= 0.6 is 17.0 Å². The van der Waals surface area contributed by atoms with Gasteiger partial charge in [-0.2, -0.15) is 0 Å². The topological polar surface area (TPSA) is 32.3 Å². The molecule has 0 aromatic carbocycles. The quantitative estimate of drug-likeness (QED) is 0.618. The maximum atomic E-state index is 8.49. The number of hydrogen-bond donors (Lipinski definition) is 2. The molecule has 0 heterocycles. The van der Waals surface area contributed by atoms with E-state index in [1.807, 2.05) is 7.05 Å². The molecule has 0 bridgehead atoms. The fourth-order valence-corrected chi connectivity index (χ4v) is 0.295. The highest BCUT2D eigenvalue weighted by molar-refractivity contribution is 8.93. The molecule has 0 rings (SSSR count). The predicted octanol–water partition coefficient (Wildman–Crippen LogP) is 0.164. The minimum Gasteiger partial charge on any atom is -0.392 e. The molecule has 0 spiro atoms. The third-order valence-electron chi connectivity index (χ3n) is 0.500. The normalized spacial score (nSPS) is 12.4. The van der Waals surface area contributed by atoms with Gasteiger partial charge in [-0.15, -0.1) is 17.0 Å². The Labute approximate surface area is 54.7 Å². The lowest BCUT2D eigenvalue weighted by atomic mass is 10.4. The van der Waals surface area contributed by atoms with Gasteiger partial charge in [-0.05, 0) is 14.0 Å². The Bertz CT molecular complexity index is 32.9. The van der Waals surface area contributed by atoms with Crippen molar-refractivity contribution in [3.8, 4) is 0 Å². The van der Waals surface area contributed by atoms with Crippen LogP contribution in [0.4, 0.5) is 0 Å². The van der Waals surface area contributed by atoms with Crippen LogP contribution in [0.1, 0.15) is 6.92 Å². The van der Waals surface area contributed by atoms with Gasteiger partial charge in [0.05, 0.1) is 6.10 Å².